The molecule has 0 fully saturated rings. The number of H-pyrrole nitrogens is 1. The Morgan fingerprint density at radius 2 is 1.90 bits per heavy atom. The number of fused-ring (bicyclic) bond motifs is 1. The van der Waals surface area contributed by atoms with Gasteiger partial charge < -0.3 is 19.5 Å². The van der Waals surface area contributed by atoms with Gasteiger partial charge in [0.25, 0.3) is 0 Å². The van der Waals surface area contributed by atoms with E-state index in [4.69, 9.17) is 4.74 Å². The molecule has 0 saturated carbocycles. The summed E-state index contributed by atoms with van der Waals surface area (Å²) >= 11 is 0. The summed E-state index contributed by atoms with van der Waals surface area (Å²) in [5.74, 6) is 1.88. The van der Waals surface area contributed by atoms with Crippen molar-refractivity contribution in [3.05, 3.63) is 30.0 Å². The number of nitrogens with one attached hydrogen (secondary N) is 1. The molecule has 1 aromatic carbocycles. The largest absolute Gasteiger partial charge is 0.496 e. The smallest absolute Gasteiger partial charge is 0.195 e. The van der Waals surface area contributed by atoms with Crippen LogP contribution in [0.25, 0.3) is 10.9 Å². The number of aromatic nitrogens is 1. The van der Waals surface area contributed by atoms with E-state index >= 15 is 0 Å². The summed E-state index contributed by atoms with van der Waals surface area (Å²) in [5.41, 5.74) is 2.34. The normalized spacial score (nSPS) is 10.5. The highest BCUT2D eigenvalue weighted by molar-refractivity contribution is 5.89. The number of methoxy groups -OCH3 is 1. The van der Waals surface area contributed by atoms with E-state index in [-0.39, 0.29) is 0 Å². The number of benzene rings is 1. The molecule has 5 heteroatoms. The molecule has 0 saturated heterocycles. The Labute approximate surface area is 126 Å². The fourth-order valence-corrected chi connectivity index (χ4v) is 2.55. The topological polar surface area (TPSA) is 43.9 Å². The quantitative estimate of drug-likeness (QED) is 0.693. The molecule has 0 atom stereocenters. The van der Waals surface area contributed by atoms with Crippen LogP contribution in [0.2, 0.25) is 0 Å². The fourth-order valence-electron chi connectivity index (χ4n) is 2.55. The Morgan fingerprint density at radius 1 is 1.19 bits per heavy atom. The van der Waals surface area contributed by atoms with Gasteiger partial charge in [-0.15, -0.1) is 0 Å². The van der Waals surface area contributed by atoms with Crippen LogP contribution in [-0.2, 0) is 6.42 Å². The lowest BCUT2D eigenvalue weighted by Gasteiger charge is -2.22. The first-order valence-corrected chi connectivity index (χ1v) is 7.06. The summed E-state index contributed by atoms with van der Waals surface area (Å²) in [6.07, 6.45) is 2.93. The Kier molecular flexibility index (Phi) is 4.73. The van der Waals surface area contributed by atoms with Gasteiger partial charge in [-0.05, 0) is 24.1 Å². The van der Waals surface area contributed by atoms with Gasteiger partial charge >= 0.3 is 0 Å². The molecule has 1 N–H and O–H groups in total. The van der Waals surface area contributed by atoms with Gasteiger partial charge in [0.15, 0.2) is 5.96 Å². The lowest BCUT2D eigenvalue weighted by Crippen LogP contribution is -2.35. The van der Waals surface area contributed by atoms with Gasteiger partial charge in [0.05, 0.1) is 7.11 Å². The maximum atomic E-state index is 5.46. The average molecular weight is 288 g/mol. The number of aliphatic imine (C=N–C) groups is 1. The molecule has 0 unspecified atom stereocenters. The van der Waals surface area contributed by atoms with Gasteiger partial charge in [-0.1, -0.05) is 6.07 Å². The van der Waals surface area contributed by atoms with E-state index in [1.807, 2.05) is 56.3 Å². The fraction of sp³-hybridized carbons (Fsp3) is 0.438. The number of hydrogen-bond donors (Lipinski definition) is 1. The predicted molar refractivity (Wildman–Crippen MR) is 88.2 cm³/mol. The van der Waals surface area contributed by atoms with Crippen LogP contribution in [0.3, 0.4) is 0 Å². The lowest BCUT2D eigenvalue weighted by atomic mass is 10.1. The molecule has 0 spiro atoms. The second-order valence-electron chi connectivity index (χ2n) is 5.42. The number of guanidine groups is 1. The second kappa shape index (κ2) is 6.52. The summed E-state index contributed by atoms with van der Waals surface area (Å²) in [4.78, 5) is 12.0. The van der Waals surface area contributed by atoms with E-state index in [1.54, 1.807) is 7.11 Å². The molecular weight excluding hydrogens is 264 g/mol. The molecule has 21 heavy (non-hydrogen) atoms. The zero-order valence-corrected chi connectivity index (χ0v) is 13.5. The zero-order valence-electron chi connectivity index (χ0n) is 13.5. The van der Waals surface area contributed by atoms with Crippen LogP contribution in [0.5, 0.6) is 5.75 Å². The lowest BCUT2D eigenvalue weighted by molar-refractivity contribution is 0.419. The van der Waals surface area contributed by atoms with Gasteiger partial charge in [-0.25, -0.2) is 0 Å². The molecule has 114 valence electrons. The van der Waals surface area contributed by atoms with Gasteiger partial charge in [-0.3, -0.25) is 4.99 Å². The van der Waals surface area contributed by atoms with Crippen molar-refractivity contribution in [2.24, 2.45) is 4.99 Å². The van der Waals surface area contributed by atoms with E-state index < -0.39 is 0 Å². The van der Waals surface area contributed by atoms with E-state index in [9.17, 15) is 0 Å². The van der Waals surface area contributed by atoms with E-state index in [1.165, 1.54) is 5.56 Å². The summed E-state index contributed by atoms with van der Waals surface area (Å²) in [6.45, 7) is 0.747. The van der Waals surface area contributed by atoms with Crippen LogP contribution < -0.4 is 4.74 Å². The zero-order chi connectivity index (χ0) is 15.4. The maximum absolute atomic E-state index is 5.46. The van der Waals surface area contributed by atoms with E-state index in [2.05, 4.69) is 16.0 Å². The van der Waals surface area contributed by atoms with Crippen LogP contribution in [0.4, 0.5) is 0 Å². The Morgan fingerprint density at radius 3 is 2.52 bits per heavy atom. The van der Waals surface area contributed by atoms with Crippen molar-refractivity contribution >= 4 is 16.9 Å². The monoisotopic (exact) mass is 288 g/mol. The van der Waals surface area contributed by atoms with Crippen molar-refractivity contribution in [2.45, 2.75) is 6.42 Å². The van der Waals surface area contributed by atoms with Crippen molar-refractivity contribution in [3.8, 4) is 5.75 Å². The van der Waals surface area contributed by atoms with Crippen molar-refractivity contribution < 1.29 is 4.74 Å². The van der Waals surface area contributed by atoms with Gasteiger partial charge in [0.2, 0.25) is 0 Å². The molecule has 2 rings (SSSR count). The molecule has 2 aromatic rings. The van der Waals surface area contributed by atoms with Crippen LogP contribution in [-0.4, -0.2) is 62.6 Å². The Bertz CT molecular complexity index is 618. The molecular formula is C16H24N4O. The minimum Gasteiger partial charge on any atom is -0.496 e. The Hall–Kier alpha value is -2.17. The predicted octanol–water partition coefficient (Wildman–Crippen LogP) is 2.20. The SMILES string of the molecule is COc1cccc2[nH]cc(CCN=C(N(C)C)N(C)C)c12. The van der Waals surface area contributed by atoms with Crippen molar-refractivity contribution in [1.82, 2.24) is 14.8 Å². The first-order chi connectivity index (χ1) is 10.0. The van der Waals surface area contributed by atoms with Crippen molar-refractivity contribution in [2.75, 3.05) is 41.8 Å². The third-order valence-corrected chi connectivity index (χ3v) is 3.40. The van der Waals surface area contributed by atoms with Crippen LogP contribution in [0.15, 0.2) is 29.4 Å². The molecule has 0 aliphatic carbocycles. The highest BCUT2D eigenvalue weighted by atomic mass is 16.5. The van der Waals surface area contributed by atoms with Gasteiger partial charge in [0.1, 0.15) is 5.75 Å². The summed E-state index contributed by atoms with van der Waals surface area (Å²) in [7, 11) is 9.74. The third-order valence-electron chi connectivity index (χ3n) is 3.40. The molecule has 1 heterocycles. The van der Waals surface area contributed by atoms with Crippen molar-refractivity contribution in [1.29, 1.82) is 0 Å². The highest BCUT2D eigenvalue weighted by Gasteiger charge is 2.09. The number of aromatic amines is 1. The van der Waals surface area contributed by atoms with E-state index in [0.717, 1.165) is 35.6 Å². The molecule has 0 aliphatic heterocycles. The summed E-state index contributed by atoms with van der Waals surface area (Å²) in [6, 6.07) is 6.06. The molecule has 0 amide bonds. The van der Waals surface area contributed by atoms with Crippen LogP contribution in [0, 0.1) is 0 Å². The minimum atomic E-state index is 0.747. The molecule has 0 bridgehead atoms. The highest BCUT2D eigenvalue weighted by Crippen LogP contribution is 2.28. The first-order valence-electron chi connectivity index (χ1n) is 7.06. The number of rotatable bonds is 4. The van der Waals surface area contributed by atoms with Crippen LogP contribution >= 0.6 is 0 Å². The third kappa shape index (κ3) is 3.29. The molecule has 1 aromatic heterocycles. The first kappa shape index (κ1) is 15.2. The van der Waals surface area contributed by atoms with Crippen molar-refractivity contribution in [3.63, 3.8) is 0 Å². The maximum Gasteiger partial charge on any atom is 0.195 e. The van der Waals surface area contributed by atoms with Gasteiger partial charge in [0, 0.05) is 51.8 Å². The van der Waals surface area contributed by atoms with Crippen LogP contribution in [0.1, 0.15) is 5.56 Å². The molecule has 0 aliphatic rings. The minimum absolute atomic E-state index is 0.747. The second-order valence-corrected chi connectivity index (χ2v) is 5.42. The summed E-state index contributed by atoms with van der Waals surface area (Å²) < 4.78 is 5.46. The van der Waals surface area contributed by atoms with E-state index in [0.29, 0.717) is 0 Å². The number of ether oxygens (including phenoxy) is 1. The summed E-state index contributed by atoms with van der Waals surface area (Å²) in [5, 5.41) is 1.16. The Balaban J connectivity index is 2.19. The standard InChI is InChI=1S/C16H24N4O/c1-19(2)16(20(3)4)17-10-9-12-11-18-13-7-6-8-14(21-5)15(12)13/h6-8,11,18H,9-10H2,1-5H3. The molecule has 5 nitrogen and oxygen atoms in total. The van der Waals surface area contributed by atoms with Gasteiger partial charge in [-0.2, -0.15) is 0 Å². The number of nitrogens with zero attached hydrogens (tertiary/aromatic N) is 3. The average Bonchev–Trinajstić information content (AvgIpc) is 2.86. The molecule has 0 radical (unpaired) electrons. The number of hydrogen-bond acceptors (Lipinski definition) is 2.